The van der Waals surface area contributed by atoms with E-state index in [-0.39, 0.29) is 5.69 Å². The van der Waals surface area contributed by atoms with E-state index in [1.807, 2.05) is 6.92 Å². The molecule has 98 valence electrons. The van der Waals surface area contributed by atoms with Gasteiger partial charge in [-0.25, -0.2) is 4.98 Å². The van der Waals surface area contributed by atoms with Crippen LogP contribution < -0.4 is 4.74 Å². The molecule has 5 nitrogen and oxygen atoms in total. The van der Waals surface area contributed by atoms with Gasteiger partial charge in [-0.15, -0.1) is 4.91 Å². The van der Waals surface area contributed by atoms with Crippen LogP contribution in [0.25, 0.3) is 5.57 Å². The quantitative estimate of drug-likeness (QED) is 0.777. The van der Waals surface area contributed by atoms with Crippen molar-refractivity contribution < 1.29 is 4.74 Å². The number of benzene rings is 1. The fraction of sp³-hybridized carbons (Fsp3) is 0.0667. The van der Waals surface area contributed by atoms with Crippen molar-refractivity contribution in [2.24, 2.45) is 5.18 Å². The second-order valence-corrected chi connectivity index (χ2v) is 4.15. The van der Waals surface area contributed by atoms with E-state index in [0.29, 0.717) is 17.2 Å². The summed E-state index contributed by atoms with van der Waals surface area (Å²) in [6.45, 7) is 5.66. The second kappa shape index (κ2) is 5.76. The van der Waals surface area contributed by atoms with E-state index < -0.39 is 0 Å². The van der Waals surface area contributed by atoms with Crippen LogP contribution in [-0.2, 0) is 0 Å². The number of nitrogens with zero attached hydrogens (tertiary/aromatic N) is 3. The van der Waals surface area contributed by atoms with Crippen molar-refractivity contribution in [2.75, 3.05) is 0 Å². The van der Waals surface area contributed by atoms with E-state index in [1.165, 1.54) is 12.3 Å². The Morgan fingerprint density at radius 2 is 2.20 bits per heavy atom. The molecule has 0 atom stereocenters. The summed E-state index contributed by atoms with van der Waals surface area (Å²) in [5.41, 5.74) is 2.29. The highest BCUT2D eigenvalue weighted by molar-refractivity contribution is 5.68. The van der Waals surface area contributed by atoms with E-state index in [9.17, 15) is 4.91 Å². The summed E-state index contributed by atoms with van der Waals surface area (Å²) in [6.07, 6.45) is 1.33. The average molecular weight is 265 g/mol. The lowest BCUT2D eigenvalue weighted by Gasteiger charge is -2.08. The first kappa shape index (κ1) is 13.4. The van der Waals surface area contributed by atoms with Gasteiger partial charge in [-0.05, 0) is 47.5 Å². The number of pyridine rings is 1. The van der Waals surface area contributed by atoms with Crippen molar-refractivity contribution in [1.29, 1.82) is 5.26 Å². The van der Waals surface area contributed by atoms with Crippen LogP contribution in [0.15, 0.2) is 48.3 Å². The van der Waals surface area contributed by atoms with E-state index in [1.54, 1.807) is 24.3 Å². The number of rotatable bonds is 4. The molecule has 0 bridgehead atoms. The summed E-state index contributed by atoms with van der Waals surface area (Å²) in [4.78, 5) is 14.3. The molecule has 20 heavy (non-hydrogen) atoms. The number of hydrogen-bond donors (Lipinski definition) is 0. The van der Waals surface area contributed by atoms with E-state index in [4.69, 9.17) is 10.00 Å². The van der Waals surface area contributed by atoms with Crippen LogP contribution in [0.2, 0.25) is 0 Å². The molecule has 5 heteroatoms. The minimum atomic E-state index is 0.236. The second-order valence-electron chi connectivity index (χ2n) is 4.15. The zero-order valence-electron chi connectivity index (χ0n) is 10.8. The van der Waals surface area contributed by atoms with Crippen molar-refractivity contribution in [2.45, 2.75) is 6.92 Å². The maximum Gasteiger partial charge on any atom is 0.219 e. The lowest BCUT2D eigenvalue weighted by molar-refractivity contribution is 0.463. The lowest BCUT2D eigenvalue weighted by Crippen LogP contribution is -1.91. The first-order valence-corrected chi connectivity index (χ1v) is 5.81. The van der Waals surface area contributed by atoms with Crippen molar-refractivity contribution >= 4 is 11.3 Å². The molecular formula is C15H11N3O2. The molecule has 0 spiro atoms. The molecular weight excluding hydrogens is 254 g/mol. The van der Waals surface area contributed by atoms with Crippen molar-refractivity contribution in [3.63, 3.8) is 0 Å². The molecule has 0 aliphatic rings. The van der Waals surface area contributed by atoms with Gasteiger partial charge in [0.1, 0.15) is 11.4 Å². The fourth-order valence-corrected chi connectivity index (χ4v) is 1.65. The minimum absolute atomic E-state index is 0.236. The monoisotopic (exact) mass is 265 g/mol. The Kier molecular flexibility index (Phi) is 3.87. The van der Waals surface area contributed by atoms with Gasteiger partial charge in [-0.2, -0.15) is 5.26 Å². The van der Waals surface area contributed by atoms with Crippen LogP contribution in [0.1, 0.15) is 18.1 Å². The SMILES string of the molecule is C=C(C)c1cc(Oc2ccc(N=O)cn2)ccc1C#N. The molecule has 0 aliphatic heterocycles. The van der Waals surface area contributed by atoms with E-state index in [2.05, 4.69) is 22.8 Å². The molecule has 0 radical (unpaired) electrons. The number of allylic oxidation sites excluding steroid dienone is 1. The predicted octanol–water partition coefficient (Wildman–Crippen LogP) is 4.18. The van der Waals surface area contributed by atoms with Gasteiger partial charge in [0.15, 0.2) is 0 Å². The third-order valence-corrected chi connectivity index (χ3v) is 2.62. The molecule has 0 saturated carbocycles. The van der Waals surface area contributed by atoms with Crippen LogP contribution >= 0.6 is 0 Å². The van der Waals surface area contributed by atoms with Crippen molar-refractivity contribution in [3.05, 3.63) is 59.1 Å². The summed E-state index contributed by atoms with van der Waals surface area (Å²) in [6, 6.07) is 10.2. The number of hydrogen-bond acceptors (Lipinski definition) is 5. The Morgan fingerprint density at radius 1 is 1.40 bits per heavy atom. The van der Waals surface area contributed by atoms with Crippen LogP contribution in [0.3, 0.4) is 0 Å². The van der Waals surface area contributed by atoms with Gasteiger partial charge in [-0.3, -0.25) is 0 Å². The molecule has 0 N–H and O–H groups in total. The predicted molar refractivity (Wildman–Crippen MR) is 75.6 cm³/mol. The molecule has 2 aromatic rings. The summed E-state index contributed by atoms with van der Waals surface area (Å²) >= 11 is 0. The van der Waals surface area contributed by atoms with Crippen LogP contribution in [-0.4, -0.2) is 4.98 Å². The highest BCUT2D eigenvalue weighted by Gasteiger charge is 2.06. The van der Waals surface area contributed by atoms with Gasteiger partial charge in [0.2, 0.25) is 5.88 Å². The van der Waals surface area contributed by atoms with Crippen molar-refractivity contribution in [3.8, 4) is 17.7 Å². The number of nitriles is 1. The van der Waals surface area contributed by atoms with Crippen LogP contribution in [0, 0.1) is 16.2 Å². The Morgan fingerprint density at radius 3 is 2.75 bits per heavy atom. The normalized spacial score (nSPS) is 9.60. The Balaban J connectivity index is 2.29. The molecule has 0 amide bonds. The van der Waals surface area contributed by atoms with Gasteiger partial charge in [0.25, 0.3) is 0 Å². The van der Waals surface area contributed by atoms with Gasteiger partial charge in [0, 0.05) is 6.07 Å². The molecule has 0 unspecified atom stereocenters. The van der Waals surface area contributed by atoms with Gasteiger partial charge >= 0.3 is 0 Å². The fourth-order valence-electron chi connectivity index (χ4n) is 1.65. The first-order chi connectivity index (χ1) is 9.63. The molecule has 0 aliphatic carbocycles. The summed E-state index contributed by atoms with van der Waals surface area (Å²) < 4.78 is 5.56. The Hall–Kier alpha value is -3.00. The number of nitroso groups, excluding NO2 is 1. The zero-order valence-corrected chi connectivity index (χ0v) is 10.8. The third kappa shape index (κ3) is 2.87. The molecule has 1 heterocycles. The van der Waals surface area contributed by atoms with Gasteiger partial charge in [0.05, 0.1) is 17.8 Å². The van der Waals surface area contributed by atoms with Crippen LogP contribution in [0.4, 0.5) is 5.69 Å². The molecule has 0 fully saturated rings. The maximum absolute atomic E-state index is 10.3. The van der Waals surface area contributed by atoms with Crippen LogP contribution in [0.5, 0.6) is 11.6 Å². The Bertz CT molecular complexity index is 700. The summed E-state index contributed by atoms with van der Waals surface area (Å²) in [7, 11) is 0. The van der Waals surface area contributed by atoms with E-state index >= 15 is 0 Å². The number of aromatic nitrogens is 1. The molecule has 2 rings (SSSR count). The maximum atomic E-state index is 10.3. The first-order valence-electron chi connectivity index (χ1n) is 5.81. The molecule has 1 aromatic carbocycles. The average Bonchev–Trinajstić information content (AvgIpc) is 2.48. The van der Waals surface area contributed by atoms with Crippen molar-refractivity contribution in [1.82, 2.24) is 4.98 Å². The highest BCUT2D eigenvalue weighted by Crippen LogP contribution is 2.26. The van der Waals surface area contributed by atoms with E-state index in [0.717, 1.165) is 11.1 Å². The third-order valence-electron chi connectivity index (χ3n) is 2.62. The standard InChI is InChI=1S/C15H11N3O2/c1-10(2)14-7-13(5-3-11(14)8-16)20-15-6-4-12(18-19)9-17-15/h3-7,9H,1H2,2H3. The molecule has 0 saturated heterocycles. The summed E-state index contributed by atoms with van der Waals surface area (Å²) in [5, 5.41) is 11.8. The van der Waals surface area contributed by atoms with Gasteiger partial charge in [-0.1, -0.05) is 6.58 Å². The Labute approximate surface area is 116 Å². The highest BCUT2D eigenvalue weighted by atomic mass is 16.5. The number of ether oxygens (including phenoxy) is 1. The largest absolute Gasteiger partial charge is 0.439 e. The lowest BCUT2D eigenvalue weighted by atomic mass is 10.0. The smallest absolute Gasteiger partial charge is 0.219 e. The molecule has 1 aromatic heterocycles. The topological polar surface area (TPSA) is 75.3 Å². The summed E-state index contributed by atoms with van der Waals surface area (Å²) in [5.74, 6) is 0.885. The zero-order chi connectivity index (χ0) is 14.5. The minimum Gasteiger partial charge on any atom is -0.439 e. The van der Waals surface area contributed by atoms with Gasteiger partial charge < -0.3 is 4.74 Å².